The Hall–Kier alpha value is -3.48. The van der Waals surface area contributed by atoms with Crippen LogP contribution < -0.4 is 5.32 Å². The summed E-state index contributed by atoms with van der Waals surface area (Å²) in [5.41, 5.74) is 3.36. The predicted octanol–water partition coefficient (Wildman–Crippen LogP) is 1.95. The molecule has 3 aromatic rings. The van der Waals surface area contributed by atoms with Crippen LogP contribution >= 0.6 is 0 Å². The molecule has 0 saturated heterocycles. The smallest absolute Gasteiger partial charge is 0.261 e. The SMILES string of the molecule is Cc1nc2ccccn2c1CNC(=O)CCN1C(=O)c2ccccc2C1=O. The Balaban J connectivity index is 1.37. The van der Waals surface area contributed by atoms with Crippen molar-refractivity contribution in [2.75, 3.05) is 6.54 Å². The number of amides is 3. The van der Waals surface area contributed by atoms with Gasteiger partial charge in [0.2, 0.25) is 5.91 Å². The van der Waals surface area contributed by atoms with Crippen molar-refractivity contribution < 1.29 is 14.4 Å². The molecule has 0 fully saturated rings. The molecule has 0 bridgehead atoms. The highest BCUT2D eigenvalue weighted by molar-refractivity contribution is 6.21. The molecule has 0 atom stereocenters. The second-order valence-electron chi connectivity index (χ2n) is 6.41. The number of imidazole rings is 1. The molecule has 3 amide bonds. The van der Waals surface area contributed by atoms with E-state index < -0.39 is 0 Å². The minimum atomic E-state index is -0.346. The van der Waals surface area contributed by atoms with Crippen LogP contribution in [0.5, 0.6) is 0 Å². The standard InChI is InChI=1S/C20H18N4O3/c1-13-16(23-10-5-4-8-17(23)22-13)12-21-18(25)9-11-24-19(26)14-6-2-3-7-15(14)20(24)27/h2-8,10H,9,11-12H2,1H3,(H,21,25). The lowest BCUT2D eigenvalue weighted by atomic mass is 10.1. The molecule has 27 heavy (non-hydrogen) atoms. The van der Waals surface area contributed by atoms with E-state index in [9.17, 15) is 14.4 Å². The summed E-state index contributed by atoms with van der Waals surface area (Å²) in [6.45, 7) is 2.29. The minimum absolute atomic E-state index is 0.0568. The molecule has 1 aliphatic heterocycles. The van der Waals surface area contributed by atoms with Gasteiger partial charge >= 0.3 is 0 Å². The first-order valence-electron chi connectivity index (χ1n) is 8.71. The first-order valence-corrected chi connectivity index (χ1v) is 8.71. The zero-order valence-electron chi connectivity index (χ0n) is 14.8. The molecule has 4 rings (SSSR count). The first kappa shape index (κ1) is 17.0. The van der Waals surface area contributed by atoms with Crippen LogP contribution in [0.15, 0.2) is 48.7 Å². The highest BCUT2D eigenvalue weighted by Crippen LogP contribution is 2.22. The van der Waals surface area contributed by atoms with Crippen molar-refractivity contribution in [3.05, 3.63) is 71.2 Å². The third-order valence-corrected chi connectivity index (χ3v) is 4.72. The molecular formula is C20H18N4O3. The zero-order chi connectivity index (χ0) is 19.0. The van der Waals surface area contributed by atoms with E-state index >= 15 is 0 Å². The van der Waals surface area contributed by atoms with Crippen LogP contribution in [0.2, 0.25) is 0 Å². The summed E-state index contributed by atoms with van der Waals surface area (Å²) in [5.74, 6) is -0.918. The minimum Gasteiger partial charge on any atom is -0.350 e. The monoisotopic (exact) mass is 362 g/mol. The second-order valence-corrected chi connectivity index (χ2v) is 6.41. The Bertz CT molecular complexity index is 1040. The Morgan fingerprint density at radius 1 is 1.04 bits per heavy atom. The number of carbonyl (C=O) groups excluding carboxylic acids is 3. The first-order chi connectivity index (χ1) is 13.1. The van der Waals surface area contributed by atoms with Gasteiger partial charge in [-0.15, -0.1) is 0 Å². The Labute approximate surface area is 155 Å². The van der Waals surface area contributed by atoms with Crippen LogP contribution in [-0.2, 0) is 11.3 Å². The lowest BCUT2D eigenvalue weighted by Crippen LogP contribution is -2.34. The molecule has 1 N–H and O–H groups in total. The van der Waals surface area contributed by atoms with Crippen molar-refractivity contribution in [2.45, 2.75) is 19.9 Å². The van der Waals surface area contributed by atoms with Crippen molar-refractivity contribution in [3.8, 4) is 0 Å². The van der Waals surface area contributed by atoms with Crippen LogP contribution in [0, 0.1) is 6.92 Å². The van der Waals surface area contributed by atoms with E-state index in [0.717, 1.165) is 21.9 Å². The molecule has 2 aromatic heterocycles. The molecule has 0 radical (unpaired) electrons. The van der Waals surface area contributed by atoms with E-state index in [1.807, 2.05) is 35.7 Å². The van der Waals surface area contributed by atoms with Crippen molar-refractivity contribution in [1.82, 2.24) is 19.6 Å². The number of aromatic nitrogens is 2. The van der Waals surface area contributed by atoms with Gasteiger partial charge in [-0.2, -0.15) is 0 Å². The fourth-order valence-electron chi connectivity index (χ4n) is 3.30. The average molecular weight is 362 g/mol. The number of aryl methyl sites for hydroxylation is 1. The molecule has 136 valence electrons. The molecule has 0 saturated carbocycles. The third-order valence-electron chi connectivity index (χ3n) is 4.72. The van der Waals surface area contributed by atoms with E-state index in [0.29, 0.717) is 17.7 Å². The van der Waals surface area contributed by atoms with Gasteiger partial charge in [-0.1, -0.05) is 18.2 Å². The van der Waals surface area contributed by atoms with Crippen molar-refractivity contribution in [3.63, 3.8) is 0 Å². The maximum Gasteiger partial charge on any atom is 0.261 e. The maximum absolute atomic E-state index is 12.3. The summed E-state index contributed by atoms with van der Waals surface area (Å²) < 4.78 is 1.93. The summed E-state index contributed by atoms with van der Waals surface area (Å²) in [5, 5.41) is 2.84. The molecule has 7 nitrogen and oxygen atoms in total. The topological polar surface area (TPSA) is 83.8 Å². The maximum atomic E-state index is 12.3. The molecule has 1 aliphatic rings. The number of benzene rings is 1. The highest BCUT2D eigenvalue weighted by atomic mass is 16.2. The number of fused-ring (bicyclic) bond motifs is 2. The zero-order valence-corrected chi connectivity index (χ0v) is 14.8. The van der Waals surface area contributed by atoms with E-state index in [-0.39, 0.29) is 30.7 Å². The van der Waals surface area contributed by atoms with E-state index in [1.54, 1.807) is 24.3 Å². The fraction of sp³-hybridized carbons (Fsp3) is 0.200. The Morgan fingerprint density at radius 2 is 1.70 bits per heavy atom. The summed E-state index contributed by atoms with van der Waals surface area (Å²) >= 11 is 0. The van der Waals surface area contributed by atoms with Gasteiger partial charge < -0.3 is 9.72 Å². The number of hydrogen-bond acceptors (Lipinski definition) is 4. The van der Waals surface area contributed by atoms with Crippen LogP contribution in [0.1, 0.15) is 38.5 Å². The number of pyridine rings is 1. The lowest BCUT2D eigenvalue weighted by Gasteiger charge is -2.13. The molecular weight excluding hydrogens is 344 g/mol. The predicted molar refractivity (Wildman–Crippen MR) is 98.2 cm³/mol. The van der Waals surface area contributed by atoms with Gasteiger partial charge in [-0.3, -0.25) is 19.3 Å². The summed E-state index contributed by atoms with van der Waals surface area (Å²) in [4.78, 5) is 42.5. The fourth-order valence-corrected chi connectivity index (χ4v) is 3.30. The van der Waals surface area contributed by atoms with Gasteiger partial charge in [0.15, 0.2) is 0 Å². The van der Waals surface area contributed by atoms with Gasteiger partial charge in [-0.05, 0) is 31.2 Å². The molecule has 1 aromatic carbocycles. The van der Waals surface area contributed by atoms with Crippen molar-refractivity contribution in [2.24, 2.45) is 0 Å². The highest BCUT2D eigenvalue weighted by Gasteiger charge is 2.34. The molecule has 0 aliphatic carbocycles. The van der Waals surface area contributed by atoms with Gasteiger partial charge in [0, 0.05) is 19.2 Å². The van der Waals surface area contributed by atoms with Crippen LogP contribution in [-0.4, -0.2) is 38.6 Å². The number of rotatable bonds is 5. The van der Waals surface area contributed by atoms with E-state index in [2.05, 4.69) is 10.3 Å². The summed E-state index contributed by atoms with van der Waals surface area (Å²) in [7, 11) is 0. The van der Waals surface area contributed by atoms with E-state index in [1.165, 1.54) is 0 Å². The van der Waals surface area contributed by atoms with Crippen LogP contribution in [0.25, 0.3) is 5.65 Å². The third kappa shape index (κ3) is 2.97. The van der Waals surface area contributed by atoms with E-state index in [4.69, 9.17) is 0 Å². The van der Waals surface area contributed by atoms with Gasteiger partial charge in [0.05, 0.1) is 29.1 Å². The largest absolute Gasteiger partial charge is 0.350 e. The molecule has 0 unspecified atom stereocenters. The van der Waals surface area contributed by atoms with Crippen LogP contribution in [0.4, 0.5) is 0 Å². The number of hydrogen-bond donors (Lipinski definition) is 1. The van der Waals surface area contributed by atoms with Gasteiger partial charge in [0.25, 0.3) is 11.8 Å². The average Bonchev–Trinajstić information content (AvgIpc) is 3.12. The molecule has 3 heterocycles. The second kappa shape index (κ2) is 6.68. The summed E-state index contributed by atoms with van der Waals surface area (Å²) in [6.07, 6.45) is 1.96. The number of nitrogens with one attached hydrogen (secondary N) is 1. The Kier molecular flexibility index (Phi) is 4.19. The van der Waals surface area contributed by atoms with Crippen molar-refractivity contribution in [1.29, 1.82) is 0 Å². The Morgan fingerprint density at radius 3 is 2.41 bits per heavy atom. The molecule has 0 spiro atoms. The van der Waals surface area contributed by atoms with Gasteiger partial charge in [-0.25, -0.2) is 4.98 Å². The number of imide groups is 1. The number of carbonyl (C=O) groups is 3. The molecule has 7 heteroatoms. The number of nitrogens with zero attached hydrogens (tertiary/aromatic N) is 3. The van der Waals surface area contributed by atoms with Crippen molar-refractivity contribution >= 4 is 23.4 Å². The quantitative estimate of drug-likeness (QED) is 0.703. The lowest BCUT2D eigenvalue weighted by molar-refractivity contribution is -0.121. The van der Waals surface area contributed by atoms with Gasteiger partial charge in [0.1, 0.15) is 5.65 Å². The summed E-state index contributed by atoms with van der Waals surface area (Å²) in [6, 6.07) is 12.4. The van der Waals surface area contributed by atoms with Crippen LogP contribution in [0.3, 0.4) is 0 Å². The normalized spacial score (nSPS) is 13.3.